The molecule has 1 atom stereocenters. The van der Waals surface area contributed by atoms with E-state index < -0.39 is 5.97 Å². The third-order valence-electron chi connectivity index (χ3n) is 2.77. The zero-order valence-corrected chi connectivity index (χ0v) is 9.36. The van der Waals surface area contributed by atoms with Crippen molar-refractivity contribution in [2.75, 3.05) is 0 Å². The van der Waals surface area contributed by atoms with Gasteiger partial charge in [-0.05, 0) is 29.9 Å². The van der Waals surface area contributed by atoms with E-state index in [9.17, 15) is 4.79 Å². The monoisotopic (exact) mass is 206 g/mol. The van der Waals surface area contributed by atoms with Gasteiger partial charge >= 0.3 is 5.97 Å². The number of carbonyl (C=O) groups is 1. The van der Waals surface area contributed by atoms with Crippen molar-refractivity contribution in [2.45, 2.75) is 39.0 Å². The Balaban J connectivity index is 2.78. The predicted octanol–water partition coefficient (Wildman–Crippen LogP) is 3.22. The zero-order valence-electron chi connectivity index (χ0n) is 9.36. The average molecular weight is 206 g/mol. The molecule has 1 unspecified atom stereocenters. The number of rotatable bonds is 5. The number of carboxylic acid groups (broad SMARTS) is 1. The molecule has 1 aromatic rings. The van der Waals surface area contributed by atoms with Gasteiger partial charge in [0.15, 0.2) is 0 Å². The van der Waals surface area contributed by atoms with E-state index in [1.165, 1.54) is 5.56 Å². The molecule has 0 aliphatic heterocycles. The van der Waals surface area contributed by atoms with Gasteiger partial charge < -0.3 is 5.11 Å². The molecule has 2 heteroatoms. The van der Waals surface area contributed by atoms with Crippen molar-refractivity contribution in [1.29, 1.82) is 0 Å². The van der Waals surface area contributed by atoms with Crippen LogP contribution in [0, 0.1) is 0 Å². The van der Waals surface area contributed by atoms with Crippen LogP contribution in [0.15, 0.2) is 24.3 Å². The van der Waals surface area contributed by atoms with Crippen LogP contribution >= 0.6 is 0 Å². The van der Waals surface area contributed by atoms with Crippen molar-refractivity contribution in [3.05, 3.63) is 35.4 Å². The number of aryl methyl sites for hydroxylation is 1. The lowest BCUT2D eigenvalue weighted by molar-refractivity contribution is -0.137. The van der Waals surface area contributed by atoms with Gasteiger partial charge in [0.05, 0.1) is 6.42 Å². The van der Waals surface area contributed by atoms with Crippen LogP contribution in [0.3, 0.4) is 0 Å². The smallest absolute Gasteiger partial charge is 0.303 e. The highest BCUT2D eigenvalue weighted by Gasteiger charge is 2.12. The number of hydrogen-bond donors (Lipinski definition) is 1. The third-order valence-corrected chi connectivity index (χ3v) is 2.77. The van der Waals surface area contributed by atoms with Crippen LogP contribution in [0.1, 0.15) is 43.7 Å². The molecule has 1 N–H and O–H groups in total. The maximum atomic E-state index is 10.7. The fourth-order valence-corrected chi connectivity index (χ4v) is 1.73. The fraction of sp³-hybridized carbons (Fsp3) is 0.462. The quantitative estimate of drug-likeness (QED) is 0.803. The molecule has 0 fully saturated rings. The fourth-order valence-electron chi connectivity index (χ4n) is 1.73. The van der Waals surface area contributed by atoms with Crippen LogP contribution in [-0.4, -0.2) is 11.1 Å². The number of aliphatic carboxylic acids is 1. The Kier molecular flexibility index (Phi) is 4.35. The molecule has 0 aliphatic rings. The SMILES string of the molecule is CCc1ccc(C(CC)CC(=O)O)cc1. The molecule has 15 heavy (non-hydrogen) atoms. The van der Waals surface area contributed by atoms with Crippen LogP contribution in [0.5, 0.6) is 0 Å². The summed E-state index contributed by atoms with van der Waals surface area (Å²) in [5.74, 6) is -0.574. The van der Waals surface area contributed by atoms with Crippen molar-refractivity contribution < 1.29 is 9.90 Å². The van der Waals surface area contributed by atoms with E-state index in [1.54, 1.807) is 0 Å². The first kappa shape index (κ1) is 11.8. The first-order chi connectivity index (χ1) is 7.17. The zero-order chi connectivity index (χ0) is 11.3. The average Bonchev–Trinajstić information content (AvgIpc) is 2.26. The van der Waals surface area contributed by atoms with Crippen LogP contribution in [0.2, 0.25) is 0 Å². The molecular formula is C13H18O2. The lowest BCUT2D eigenvalue weighted by Gasteiger charge is -2.13. The van der Waals surface area contributed by atoms with Crippen LogP contribution in [0.4, 0.5) is 0 Å². The molecule has 0 aliphatic carbocycles. The van der Waals surface area contributed by atoms with Gasteiger partial charge in [-0.2, -0.15) is 0 Å². The Morgan fingerprint density at radius 1 is 1.27 bits per heavy atom. The standard InChI is InChI=1S/C13H18O2/c1-3-10-5-7-12(8-6-10)11(4-2)9-13(14)15/h5-8,11H,3-4,9H2,1-2H3,(H,14,15). The van der Waals surface area contributed by atoms with Crippen molar-refractivity contribution in [1.82, 2.24) is 0 Å². The normalized spacial score (nSPS) is 12.4. The summed E-state index contributed by atoms with van der Waals surface area (Å²) >= 11 is 0. The summed E-state index contributed by atoms with van der Waals surface area (Å²) in [5, 5.41) is 8.78. The molecule has 0 heterocycles. The minimum absolute atomic E-state index is 0.147. The van der Waals surface area contributed by atoms with E-state index in [0.29, 0.717) is 0 Å². The van der Waals surface area contributed by atoms with E-state index >= 15 is 0 Å². The second-order valence-electron chi connectivity index (χ2n) is 3.80. The van der Waals surface area contributed by atoms with E-state index in [-0.39, 0.29) is 12.3 Å². The molecule has 0 radical (unpaired) electrons. The van der Waals surface area contributed by atoms with Crippen LogP contribution in [-0.2, 0) is 11.2 Å². The van der Waals surface area contributed by atoms with Gasteiger partial charge in [0.1, 0.15) is 0 Å². The first-order valence-corrected chi connectivity index (χ1v) is 5.48. The minimum Gasteiger partial charge on any atom is -0.481 e. The Morgan fingerprint density at radius 3 is 2.27 bits per heavy atom. The summed E-state index contributed by atoms with van der Waals surface area (Å²) in [6.07, 6.45) is 2.12. The van der Waals surface area contributed by atoms with E-state index in [2.05, 4.69) is 31.2 Å². The van der Waals surface area contributed by atoms with E-state index in [1.807, 2.05) is 6.92 Å². The third kappa shape index (κ3) is 3.39. The maximum absolute atomic E-state index is 10.7. The Morgan fingerprint density at radius 2 is 1.87 bits per heavy atom. The molecule has 1 rings (SSSR count). The van der Waals surface area contributed by atoms with Gasteiger partial charge in [-0.1, -0.05) is 38.1 Å². The van der Waals surface area contributed by atoms with Crippen molar-refractivity contribution >= 4 is 5.97 Å². The van der Waals surface area contributed by atoms with Gasteiger partial charge in [0, 0.05) is 0 Å². The highest BCUT2D eigenvalue weighted by atomic mass is 16.4. The lowest BCUT2D eigenvalue weighted by Crippen LogP contribution is -2.05. The topological polar surface area (TPSA) is 37.3 Å². The Bertz CT molecular complexity index is 314. The van der Waals surface area contributed by atoms with Gasteiger partial charge in [0.2, 0.25) is 0 Å². The van der Waals surface area contributed by atoms with Crippen molar-refractivity contribution in [3.8, 4) is 0 Å². The summed E-state index contributed by atoms with van der Waals surface area (Å²) in [4.78, 5) is 10.7. The molecule has 1 aromatic carbocycles. The second kappa shape index (κ2) is 5.54. The Hall–Kier alpha value is -1.31. The Labute approximate surface area is 90.9 Å². The van der Waals surface area contributed by atoms with Gasteiger partial charge in [-0.3, -0.25) is 4.79 Å². The van der Waals surface area contributed by atoms with Crippen LogP contribution in [0.25, 0.3) is 0 Å². The largest absolute Gasteiger partial charge is 0.481 e. The molecule has 82 valence electrons. The molecule has 0 amide bonds. The number of hydrogen-bond acceptors (Lipinski definition) is 1. The molecule has 0 spiro atoms. The van der Waals surface area contributed by atoms with Crippen molar-refractivity contribution in [2.24, 2.45) is 0 Å². The first-order valence-electron chi connectivity index (χ1n) is 5.48. The van der Waals surface area contributed by atoms with Gasteiger partial charge in [0.25, 0.3) is 0 Å². The van der Waals surface area contributed by atoms with E-state index in [4.69, 9.17) is 5.11 Å². The maximum Gasteiger partial charge on any atom is 0.303 e. The lowest BCUT2D eigenvalue weighted by atomic mass is 9.92. The molecule has 0 bridgehead atoms. The summed E-state index contributed by atoms with van der Waals surface area (Å²) in [6, 6.07) is 8.27. The highest BCUT2D eigenvalue weighted by molar-refractivity contribution is 5.68. The molecule has 0 aromatic heterocycles. The second-order valence-corrected chi connectivity index (χ2v) is 3.80. The van der Waals surface area contributed by atoms with E-state index in [0.717, 1.165) is 18.4 Å². The van der Waals surface area contributed by atoms with Gasteiger partial charge in [-0.25, -0.2) is 0 Å². The number of carboxylic acids is 1. The predicted molar refractivity (Wildman–Crippen MR) is 61.1 cm³/mol. The summed E-state index contributed by atoms with van der Waals surface area (Å²) in [6.45, 7) is 4.14. The summed E-state index contributed by atoms with van der Waals surface area (Å²) < 4.78 is 0. The minimum atomic E-state index is -0.721. The molecular weight excluding hydrogens is 188 g/mol. The molecule has 0 saturated heterocycles. The summed E-state index contributed by atoms with van der Waals surface area (Å²) in [7, 11) is 0. The highest BCUT2D eigenvalue weighted by Crippen LogP contribution is 2.23. The summed E-state index contributed by atoms with van der Waals surface area (Å²) in [5.41, 5.74) is 2.43. The van der Waals surface area contributed by atoms with Crippen LogP contribution < -0.4 is 0 Å². The number of benzene rings is 1. The molecule has 2 nitrogen and oxygen atoms in total. The molecule has 0 saturated carbocycles. The van der Waals surface area contributed by atoms with Crippen molar-refractivity contribution in [3.63, 3.8) is 0 Å². The van der Waals surface area contributed by atoms with Gasteiger partial charge in [-0.15, -0.1) is 0 Å².